The summed E-state index contributed by atoms with van der Waals surface area (Å²) in [7, 11) is 0. The zero-order chi connectivity index (χ0) is 18.8. The summed E-state index contributed by atoms with van der Waals surface area (Å²) >= 11 is 0. The Balaban J connectivity index is 1.40. The van der Waals surface area contributed by atoms with E-state index in [9.17, 15) is 14.4 Å². The van der Waals surface area contributed by atoms with Gasteiger partial charge in [0.15, 0.2) is 12.4 Å². The van der Waals surface area contributed by atoms with Gasteiger partial charge in [-0.2, -0.15) is 0 Å². The van der Waals surface area contributed by atoms with Crippen LogP contribution in [0.1, 0.15) is 45.0 Å². The van der Waals surface area contributed by atoms with Crippen LogP contribution < -0.4 is 5.32 Å². The number of aryl methyl sites for hydroxylation is 2. The fraction of sp³-hybridized carbons (Fsp3) is 0.250. The minimum absolute atomic E-state index is 0.0114. The second kappa shape index (κ2) is 7.11. The van der Waals surface area contributed by atoms with E-state index in [1.807, 2.05) is 6.07 Å². The van der Waals surface area contributed by atoms with E-state index in [1.54, 1.807) is 12.1 Å². The molecule has 0 bridgehead atoms. The van der Waals surface area contributed by atoms with Crippen LogP contribution in [-0.2, 0) is 22.4 Å². The minimum Gasteiger partial charge on any atom is -0.459 e. The third kappa shape index (κ3) is 3.48. The van der Waals surface area contributed by atoms with Crippen molar-refractivity contribution in [2.75, 3.05) is 6.61 Å². The monoisotopic (exact) mass is 366 g/mol. The van der Waals surface area contributed by atoms with Gasteiger partial charge >= 0.3 is 5.97 Å². The summed E-state index contributed by atoms with van der Waals surface area (Å²) in [6.07, 6.45) is 5.65. The summed E-state index contributed by atoms with van der Waals surface area (Å²) in [6, 6.07) is 8.28. The van der Waals surface area contributed by atoms with E-state index in [1.165, 1.54) is 36.1 Å². The molecule has 0 fully saturated rings. The van der Waals surface area contributed by atoms with Crippen LogP contribution in [0.2, 0.25) is 0 Å². The van der Waals surface area contributed by atoms with Crippen molar-refractivity contribution in [3.05, 3.63) is 59.2 Å². The standard InChI is InChI=1S/C20H18N2O5/c23-18(22-19(24)17-6-3-9-26-17)11-27-20(25)12-7-8-16-14(10-12)13-4-1-2-5-15(13)21-16/h3,6-10,21H,1-2,4-5,11H2,(H,22,23,24). The first-order valence-electron chi connectivity index (χ1n) is 8.80. The molecule has 2 heterocycles. The van der Waals surface area contributed by atoms with E-state index < -0.39 is 24.4 Å². The van der Waals surface area contributed by atoms with Gasteiger partial charge in [-0.15, -0.1) is 0 Å². The largest absolute Gasteiger partial charge is 0.459 e. The Morgan fingerprint density at radius 3 is 2.81 bits per heavy atom. The van der Waals surface area contributed by atoms with Crippen LogP contribution in [0.4, 0.5) is 0 Å². The van der Waals surface area contributed by atoms with Crippen molar-refractivity contribution in [1.82, 2.24) is 10.3 Å². The third-order valence-electron chi connectivity index (χ3n) is 4.67. The lowest BCUT2D eigenvalue weighted by atomic mass is 9.95. The lowest BCUT2D eigenvalue weighted by molar-refractivity contribution is -0.123. The first-order valence-corrected chi connectivity index (χ1v) is 8.80. The van der Waals surface area contributed by atoms with Crippen molar-refractivity contribution >= 4 is 28.7 Å². The van der Waals surface area contributed by atoms with Crippen LogP contribution in [0.5, 0.6) is 0 Å². The normalized spacial score (nSPS) is 13.2. The molecule has 0 aliphatic heterocycles. The van der Waals surface area contributed by atoms with E-state index in [4.69, 9.17) is 9.15 Å². The van der Waals surface area contributed by atoms with Gasteiger partial charge in [-0.3, -0.25) is 14.9 Å². The van der Waals surface area contributed by atoms with E-state index in [2.05, 4.69) is 10.3 Å². The van der Waals surface area contributed by atoms with Gasteiger partial charge in [-0.05, 0) is 61.6 Å². The summed E-state index contributed by atoms with van der Waals surface area (Å²) in [5.74, 6) is -1.99. The highest BCUT2D eigenvalue weighted by Crippen LogP contribution is 2.29. The molecule has 2 N–H and O–H groups in total. The first kappa shape index (κ1) is 17.1. The van der Waals surface area contributed by atoms with E-state index in [0.717, 1.165) is 30.2 Å². The number of carbonyl (C=O) groups is 3. The number of ether oxygens (including phenoxy) is 1. The molecule has 3 aromatic rings. The molecule has 1 aliphatic rings. The van der Waals surface area contributed by atoms with E-state index >= 15 is 0 Å². The van der Waals surface area contributed by atoms with Gasteiger partial charge in [0.05, 0.1) is 11.8 Å². The summed E-state index contributed by atoms with van der Waals surface area (Å²) in [5, 5.41) is 3.13. The van der Waals surface area contributed by atoms with Gasteiger partial charge in [0.2, 0.25) is 0 Å². The van der Waals surface area contributed by atoms with Crippen LogP contribution in [0.3, 0.4) is 0 Å². The number of hydrogen-bond acceptors (Lipinski definition) is 5. The molecule has 0 saturated carbocycles. The number of hydrogen-bond donors (Lipinski definition) is 2. The Kier molecular flexibility index (Phi) is 4.50. The summed E-state index contributed by atoms with van der Waals surface area (Å²) in [4.78, 5) is 39.2. The van der Waals surface area contributed by atoms with Gasteiger partial charge in [-0.25, -0.2) is 4.79 Å². The summed E-state index contributed by atoms with van der Waals surface area (Å²) in [6.45, 7) is -0.547. The van der Waals surface area contributed by atoms with Crippen LogP contribution in [0, 0.1) is 0 Å². The van der Waals surface area contributed by atoms with Crippen molar-refractivity contribution < 1.29 is 23.5 Å². The molecule has 0 atom stereocenters. The maximum absolute atomic E-state index is 12.3. The maximum atomic E-state index is 12.3. The fourth-order valence-electron chi connectivity index (χ4n) is 3.38. The third-order valence-corrected chi connectivity index (χ3v) is 4.67. The average molecular weight is 366 g/mol. The van der Waals surface area contributed by atoms with Gasteiger partial charge in [0.1, 0.15) is 0 Å². The molecule has 138 valence electrons. The van der Waals surface area contributed by atoms with Crippen molar-refractivity contribution in [3.8, 4) is 0 Å². The number of imide groups is 1. The van der Waals surface area contributed by atoms with Gasteiger partial charge < -0.3 is 14.1 Å². The summed E-state index contributed by atoms with van der Waals surface area (Å²) in [5.41, 5.74) is 3.87. The van der Waals surface area contributed by atoms with Crippen LogP contribution in [-0.4, -0.2) is 29.4 Å². The van der Waals surface area contributed by atoms with Crippen LogP contribution in [0.15, 0.2) is 41.0 Å². The molecule has 2 aromatic heterocycles. The second-order valence-electron chi connectivity index (χ2n) is 6.48. The molecular formula is C20H18N2O5. The number of aromatic nitrogens is 1. The number of amides is 2. The number of esters is 1. The highest BCUT2D eigenvalue weighted by atomic mass is 16.5. The Bertz CT molecular complexity index is 1020. The Morgan fingerprint density at radius 1 is 1.15 bits per heavy atom. The molecule has 1 aromatic carbocycles. The minimum atomic E-state index is -0.718. The van der Waals surface area contributed by atoms with E-state index in [-0.39, 0.29) is 5.76 Å². The number of fused-ring (bicyclic) bond motifs is 3. The lowest BCUT2D eigenvalue weighted by Crippen LogP contribution is -2.33. The highest BCUT2D eigenvalue weighted by molar-refractivity contribution is 6.04. The first-order chi connectivity index (χ1) is 13.1. The zero-order valence-corrected chi connectivity index (χ0v) is 14.5. The average Bonchev–Trinajstić information content (AvgIpc) is 3.33. The molecule has 0 unspecified atom stereocenters. The molecule has 7 nitrogen and oxygen atoms in total. The second-order valence-corrected chi connectivity index (χ2v) is 6.48. The molecule has 0 saturated heterocycles. The van der Waals surface area contributed by atoms with Crippen molar-refractivity contribution in [2.24, 2.45) is 0 Å². The number of benzene rings is 1. The Labute approximate surface area is 154 Å². The Morgan fingerprint density at radius 2 is 2.00 bits per heavy atom. The van der Waals surface area contributed by atoms with Gasteiger partial charge in [0, 0.05) is 16.6 Å². The predicted molar refractivity (Wildman–Crippen MR) is 96.4 cm³/mol. The molecular weight excluding hydrogens is 348 g/mol. The smallest absolute Gasteiger partial charge is 0.338 e. The van der Waals surface area contributed by atoms with Crippen molar-refractivity contribution in [2.45, 2.75) is 25.7 Å². The summed E-state index contributed by atoms with van der Waals surface area (Å²) < 4.78 is 9.93. The van der Waals surface area contributed by atoms with Gasteiger partial charge in [-0.1, -0.05) is 0 Å². The van der Waals surface area contributed by atoms with Gasteiger partial charge in [0.25, 0.3) is 11.8 Å². The predicted octanol–water partition coefficient (Wildman–Crippen LogP) is 2.75. The maximum Gasteiger partial charge on any atom is 0.338 e. The van der Waals surface area contributed by atoms with E-state index in [0.29, 0.717) is 5.56 Å². The van der Waals surface area contributed by atoms with Crippen LogP contribution >= 0.6 is 0 Å². The molecule has 27 heavy (non-hydrogen) atoms. The topological polar surface area (TPSA) is 101 Å². The van der Waals surface area contributed by atoms with Crippen LogP contribution in [0.25, 0.3) is 10.9 Å². The quantitative estimate of drug-likeness (QED) is 0.692. The number of nitrogens with one attached hydrogen (secondary N) is 2. The molecule has 0 radical (unpaired) electrons. The van der Waals surface area contributed by atoms with Crippen molar-refractivity contribution in [3.63, 3.8) is 0 Å². The molecule has 2 amide bonds. The fourth-order valence-corrected chi connectivity index (χ4v) is 3.38. The SMILES string of the molecule is O=C(COC(=O)c1ccc2[nH]c3c(c2c1)CCCC3)NC(=O)c1ccco1. The molecule has 0 spiro atoms. The number of rotatable bonds is 4. The number of carbonyl (C=O) groups excluding carboxylic acids is 3. The molecule has 1 aliphatic carbocycles. The number of aromatic amines is 1. The lowest BCUT2D eigenvalue weighted by Gasteiger charge is -2.10. The number of H-pyrrole nitrogens is 1. The Hall–Kier alpha value is -3.35. The highest BCUT2D eigenvalue weighted by Gasteiger charge is 2.18. The number of furan rings is 1. The van der Waals surface area contributed by atoms with Crippen molar-refractivity contribution in [1.29, 1.82) is 0 Å². The zero-order valence-electron chi connectivity index (χ0n) is 14.5. The molecule has 4 rings (SSSR count). The molecule has 7 heteroatoms.